The van der Waals surface area contributed by atoms with Crippen molar-refractivity contribution in [2.45, 2.75) is 46.7 Å². The number of rotatable bonds is 5. The number of nitrogens with zero attached hydrogens (tertiary/aromatic N) is 3. The van der Waals surface area contributed by atoms with Gasteiger partial charge in [0.2, 0.25) is 5.88 Å². The molecule has 0 saturated heterocycles. The molecular formula is C24H28N4O2. The molecule has 0 bridgehead atoms. The first kappa shape index (κ1) is 21.3. The van der Waals surface area contributed by atoms with Crippen LogP contribution in [0.1, 0.15) is 37.5 Å². The van der Waals surface area contributed by atoms with Crippen molar-refractivity contribution in [1.29, 1.82) is 0 Å². The third kappa shape index (κ3) is 5.80. The van der Waals surface area contributed by atoms with Gasteiger partial charge in [-0.3, -0.25) is 9.88 Å². The van der Waals surface area contributed by atoms with Gasteiger partial charge in [0.1, 0.15) is 5.75 Å². The van der Waals surface area contributed by atoms with Gasteiger partial charge >= 0.3 is 6.03 Å². The molecule has 1 N–H and O–H groups in total. The maximum absolute atomic E-state index is 13.0. The standard InChI is InChI=1S/C24H28N4O2/c1-17-8-10-21(18(2)13-17)30-22-11-9-20(15-26-22)28(23(29)27-24(3,4)5)16-19-7-6-12-25-14-19/h6-15H,16H2,1-5H3,(H,27,29). The molecule has 30 heavy (non-hydrogen) atoms. The molecule has 156 valence electrons. The van der Waals surface area contributed by atoms with E-state index in [1.807, 2.05) is 65.0 Å². The van der Waals surface area contributed by atoms with E-state index in [2.05, 4.69) is 21.4 Å². The first-order chi connectivity index (χ1) is 14.2. The molecule has 2 heterocycles. The minimum Gasteiger partial charge on any atom is -0.439 e. The average Bonchev–Trinajstić information content (AvgIpc) is 2.68. The van der Waals surface area contributed by atoms with E-state index in [-0.39, 0.29) is 11.6 Å². The lowest BCUT2D eigenvalue weighted by Gasteiger charge is -2.28. The van der Waals surface area contributed by atoms with E-state index in [0.717, 1.165) is 16.9 Å². The van der Waals surface area contributed by atoms with Crippen molar-refractivity contribution in [1.82, 2.24) is 15.3 Å². The summed E-state index contributed by atoms with van der Waals surface area (Å²) in [6, 6.07) is 13.2. The second kappa shape index (κ2) is 8.95. The van der Waals surface area contributed by atoms with Crippen LogP contribution in [0.25, 0.3) is 0 Å². The van der Waals surface area contributed by atoms with Crippen LogP contribution >= 0.6 is 0 Å². The maximum Gasteiger partial charge on any atom is 0.322 e. The number of carbonyl (C=O) groups is 1. The lowest BCUT2D eigenvalue weighted by molar-refractivity contribution is 0.237. The Kier molecular flexibility index (Phi) is 6.35. The Bertz CT molecular complexity index is 996. The van der Waals surface area contributed by atoms with Gasteiger partial charge in [0, 0.05) is 24.0 Å². The number of benzene rings is 1. The van der Waals surface area contributed by atoms with Gasteiger partial charge in [0.05, 0.1) is 18.4 Å². The molecule has 0 saturated carbocycles. The number of ether oxygens (including phenoxy) is 1. The van der Waals surface area contributed by atoms with Crippen LogP contribution in [-0.4, -0.2) is 21.5 Å². The summed E-state index contributed by atoms with van der Waals surface area (Å²) in [7, 11) is 0. The number of anilines is 1. The third-order valence-corrected chi connectivity index (χ3v) is 4.37. The van der Waals surface area contributed by atoms with Gasteiger partial charge in [-0.1, -0.05) is 23.8 Å². The molecule has 3 aromatic rings. The lowest BCUT2D eigenvalue weighted by Crippen LogP contribution is -2.48. The van der Waals surface area contributed by atoms with Crippen LogP contribution in [0.3, 0.4) is 0 Å². The Morgan fingerprint density at radius 3 is 2.50 bits per heavy atom. The molecule has 1 aromatic carbocycles. The Morgan fingerprint density at radius 2 is 1.90 bits per heavy atom. The zero-order valence-electron chi connectivity index (χ0n) is 18.1. The largest absolute Gasteiger partial charge is 0.439 e. The number of aromatic nitrogens is 2. The summed E-state index contributed by atoms with van der Waals surface area (Å²) in [5.74, 6) is 1.24. The summed E-state index contributed by atoms with van der Waals surface area (Å²) in [5.41, 5.74) is 3.47. The number of urea groups is 1. The number of nitrogens with one attached hydrogen (secondary N) is 1. The van der Waals surface area contributed by atoms with Gasteiger partial charge < -0.3 is 10.1 Å². The summed E-state index contributed by atoms with van der Waals surface area (Å²) in [4.78, 5) is 23.2. The Hall–Kier alpha value is -3.41. The molecule has 3 rings (SSSR count). The monoisotopic (exact) mass is 404 g/mol. The van der Waals surface area contributed by atoms with Crippen molar-refractivity contribution in [2.75, 3.05) is 4.90 Å². The highest BCUT2D eigenvalue weighted by Gasteiger charge is 2.22. The number of pyridine rings is 2. The van der Waals surface area contributed by atoms with Crippen LogP contribution in [0.2, 0.25) is 0 Å². The highest BCUT2D eigenvalue weighted by molar-refractivity contribution is 5.92. The molecule has 0 radical (unpaired) electrons. The molecule has 0 fully saturated rings. The van der Waals surface area contributed by atoms with Gasteiger partial charge in [-0.25, -0.2) is 9.78 Å². The third-order valence-electron chi connectivity index (χ3n) is 4.37. The molecule has 0 spiro atoms. The second-order valence-corrected chi connectivity index (χ2v) is 8.35. The molecule has 0 aliphatic carbocycles. The molecule has 2 amide bonds. The summed E-state index contributed by atoms with van der Waals surface area (Å²) in [6.07, 6.45) is 5.11. The van der Waals surface area contributed by atoms with Crippen LogP contribution in [-0.2, 0) is 6.54 Å². The minimum atomic E-state index is -0.357. The van der Waals surface area contributed by atoms with Gasteiger partial charge in [-0.2, -0.15) is 0 Å². The SMILES string of the molecule is Cc1ccc(Oc2ccc(N(Cc3cccnc3)C(=O)NC(C)(C)C)cn2)c(C)c1. The van der Waals surface area contributed by atoms with E-state index >= 15 is 0 Å². The van der Waals surface area contributed by atoms with Crippen LogP contribution in [0.4, 0.5) is 10.5 Å². The van der Waals surface area contributed by atoms with Crippen molar-refractivity contribution in [3.8, 4) is 11.6 Å². The Morgan fingerprint density at radius 1 is 1.10 bits per heavy atom. The lowest BCUT2D eigenvalue weighted by atomic mass is 10.1. The van der Waals surface area contributed by atoms with Crippen LogP contribution < -0.4 is 15.0 Å². The predicted molar refractivity (Wildman–Crippen MR) is 119 cm³/mol. The number of carbonyl (C=O) groups excluding carboxylic acids is 1. The molecule has 0 aliphatic rings. The summed E-state index contributed by atoms with van der Waals surface area (Å²) < 4.78 is 5.92. The number of amides is 2. The summed E-state index contributed by atoms with van der Waals surface area (Å²) >= 11 is 0. The molecule has 6 nitrogen and oxygen atoms in total. The minimum absolute atomic E-state index is 0.198. The molecule has 2 aromatic heterocycles. The maximum atomic E-state index is 13.0. The van der Waals surface area contributed by atoms with Gasteiger partial charge in [0.15, 0.2) is 0 Å². The molecule has 0 atom stereocenters. The quantitative estimate of drug-likeness (QED) is 0.618. The van der Waals surface area contributed by atoms with Crippen LogP contribution in [0, 0.1) is 13.8 Å². The van der Waals surface area contributed by atoms with Gasteiger partial charge in [-0.05, 0) is 63.9 Å². The van der Waals surface area contributed by atoms with E-state index < -0.39 is 0 Å². The topological polar surface area (TPSA) is 67.3 Å². The fourth-order valence-corrected chi connectivity index (χ4v) is 2.96. The van der Waals surface area contributed by atoms with Crippen molar-refractivity contribution in [3.05, 3.63) is 77.7 Å². The Labute approximate surface area is 177 Å². The van der Waals surface area contributed by atoms with Gasteiger partial charge in [0.25, 0.3) is 0 Å². The van der Waals surface area contributed by atoms with Crippen LogP contribution in [0.5, 0.6) is 11.6 Å². The van der Waals surface area contributed by atoms with Crippen molar-refractivity contribution in [3.63, 3.8) is 0 Å². The van der Waals surface area contributed by atoms with E-state index in [1.54, 1.807) is 29.6 Å². The van der Waals surface area contributed by atoms with Crippen molar-refractivity contribution < 1.29 is 9.53 Å². The first-order valence-corrected chi connectivity index (χ1v) is 9.91. The molecule has 0 aliphatic heterocycles. The fourth-order valence-electron chi connectivity index (χ4n) is 2.96. The highest BCUT2D eigenvalue weighted by atomic mass is 16.5. The first-order valence-electron chi connectivity index (χ1n) is 9.91. The fraction of sp³-hybridized carbons (Fsp3) is 0.292. The zero-order valence-corrected chi connectivity index (χ0v) is 18.1. The number of hydrogen-bond acceptors (Lipinski definition) is 4. The second-order valence-electron chi connectivity index (χ2n) is 8.35. The highest BCUT2D eigenvalue weighted by Crippen LogP contribution is 2.26. The number of hydrogen-bond donors (Lipinski definition) is 1. The molecule has 6 heteroatoms. The summed E-state index contributed by atoms with van der Waals surface area (Å²) in [6.45, 7) is 10.3. The normalized spacial score (nSPS) is 11.1. The van der Waals surface area contributed by atoms with Crippen molar-refractivity contribution in [2.24, 2.45) is 0 Å². The molecular weight excluding hydrogens is 376 g/mol. The van der Waals surface area contributed by atoms with Crippen LogP contribution in [0.15, 0.2) is 61.1 Å². The van der Waals surface area contributed by atoms with E-state index in [4.69, 9.17) is 4.74 Å². The van der Waals surface area contributed by atoms with Crippen molar-refractivity contribution >= 4 is 11.7 Å². The smallest absolute Gasteiger partial charge is 0.322 e. The summed E-state index contributed by atoms with van der Waals surface area (Å²) in [5, 5.41) is 3.01. The Balaban J connectivity index is 1.83. The molecule has 0 unspecified atom stereocenters. The van der Waals surface area contributed by atoms with Gasteiger partial charge in [-0.15, -0.1) is 0 Å². The van der Waals surface area contributed by atoms with E-state index in [9.17, 15) is 4.79 Å². The predicted octanol–water partition coefficient (Wildman–Crippen LogP) is 5.40. The van der Waals surface area contributed by atoms with E-state index in [0.29, 0.717) is 18.1 Å². The average molecular weight is 405 g/mol. The van der Waals surface area contributed by atoms with E-state index in [1.165, 1.54) is 5.56 Å². The number of aryl methyl sites for hydroxylation is 2. The zero-order chi connectivity index (χ0) is 21.7.